The molecule has 3 aromatic rings. The summed E-state index contributed by atoms with van der Waals surface area (Å²) in [5, 5.41) is 4.59. The molecule has 35 heavy (non-hydrogen) atoms. The van der Waals surface area contributed by atoms with Crippen LogP contribution in [-0.2, 0) is 4.79 Å². The van der Waals surface area contributed by atoms with Crippen molar-refractivity contribution in [2.75, 3.05) is 6.61 Å². The van der Waals surface area contributed by atoms with Gasteiger partial charge in [-0.25, -0.2) is 0 Å². The van der Waals surface area contributed by atoms with Crippen molar-refractivity contribution in [1.82, 2.24) is 16.2 Å². The lowest BCUT2D eigenvalue weighted by molar-refractivity contribution is -0.127. The Hall–Kier alpha value is -3.17. The summed E-state index contributed by atoms with van der Waals surface area (Å²) in [5.41, 5.74) is 5.32. The normalized spacial score (nSPS) is 11.6. The van der Waals surface area contributed by atoms with Crippen LogP contribution in [-0.4, -0.2) is 29.6 Å². The second kappa shape index (κ2) is 12.5. The van der Waals surface area contributed by atoms with Gasteiger partial charge in [0.2, 0.25) is 0 Å². The monoisotopic (exact) mass is 557 g/mol. The maximum atomic E-state index is 12.8. The molecular weight excluding hydrogens is 530 g/mol. The maximum absolute atomic E-state index is 12.8. The molecule has 184 valence electrons. The minimum Gasteiger partial charge on any atom is -0.493 e. The zero-order valence-corrected chi connectivity index (χ0v) is 22.2. The van der Waals surface area contributed by atoms with Gasteiger partial charge >= 0.3 is 0 Å². The Bertz CT molecular complexity index is 1220. The molecule has 3 rings (SSSR count). The quantitative estimate of drug-likeness (QED) is 0.263. The summed E-state index contributed by atoms with van der Waals surface area (Å²) < 4.78 is 12.3. The standard InChI is InChI=1S/C26H28BrN3O4S/c1-16(2)12-13-33-23-11-9-20(27)15-22(23)25(32)28-26(35)30-29-24(31)17(3)34-21-10-8-18-6-4-5-7-19(18)14-21/h4-11,14-17H,12-13H2,1-3H3,(H,29,31)(H2,28,30,32,35). The van der Waals surface area contributed by atoms with Gasteiger partial charge in [0.05, 0.1) is 12.2 Å². The van der Waals surface area contributed by atoms with E-state index in [1.54, 1.807) is 25.1 Å². The Labute approximate surface area is 218 Å². The molecule has 0 spiro atoms. The molecule has 0 aromatic heterocycles. The lowest BCUT2D eigenvalue weighted by Gasteiger charge is -2.17. The van der Waals surface area contributed by atoms with Gasteiger partial charge in [-0.2, -0.15) is 0 Å². The molecule has 3 N–H and O–H groups in total. The van der Waals surface area contributed by atoms with E-state index in [4.69, 9.17) is 21.7 Å². The van der Waals surface area contributed by atoms with Crippen molar-refractivity contribution >= 4 is 55.8 Å². The molecule has 0 aliphatic carbocycles. The number of carbonyl (C=O) groups excluding carboxylic acids is 2. The van der Waals surface area contributed by atoms with Crippen LogP contribution in [0.25, 0.3) is 10.8 Å². The lowest BCUT2D eigenvalue weighted by atomic mass is 10.1. The molecule has 1 unspecified atom stereocenters. The Kier molecular flexibility index (Phi) is 9.45. The van der Waals surface area contributed by atoms with Gasteiger partial charge in [-0.05, 0) is 72.6 Å². The van der Waals surface area contributed by atoms with Crippen molar-refractivity contribution in [3.05, 3.63) is 70.7 Å². The minimum atomic E-state index is -0.798. The number of hydrogen-bond donors (Lipinski definition) is 3. The van der Waals surface area contributed by atoms with Crippen molar-refractivity contribution in [2.24, 2.45) is 5.92 Å². The average molecular weight is 558 g/mol. The predicted molar refractivity (Wildman–Crippen MR) is 144 cm³/mol. The van der Waals surface area contributed by atoms with Gasteiger partial charge < -0.3 is 9.47 Å². The summed E-state index contributed by atoms with van der Waals surface area (Å²) in [6.07, 6.45) is 0.0657. The van der Waals surface area contributed by atoms with Crippen LogP contribution in [0.3, 0.4) is 0 Å². The van der Waals surface area contributed by atoms with Crippen molar-refractivity contribution in [1.29, 1.82) is 0 Å². The Morgan fingerprint density at radius 3 is 2.46 bits per heavy atom. The van der Waals surface area contributed by atoms with Gasteiger partial charge in [0.15, 0.2) is 11.2 Å². The highest BCUT2D eigenvalue weighted by atomic mass is 79.9. The molecule has 7 nitrogen and oxygen atoms in total. The number of benzene rings is 3. The fraction of sp³-hybridized carbons (Fsp3) is 0.269. The third kappa shape index (κ3) is 7.93. The van der Waals surface area contributed by atoms with Crippen LogP contribution in [0, 0.1) is 5.92 Å². The smallest absolute Gasteiger partial charge is 0.279 e. The van der Waals surface area contributed by atoms with E-state index in [0.29, 0.717) is 29.6 Å². The molecule has 0 aliphatic rings. The average Bonchev–Trinajstić information content (AvgIpc) is 2.83. The molecule has 0 heterocycles. The fourth-order valence-electron chi connectivity index (χ4n) is 3.13. The highest BCUT2D eigenvalue weighted by Crippen LogP contribution is 2.24. The topological polar surface area (TPSA) is 88.7 Å². The van der Waals surface area contributed by atoms with Gasteiger partial charge in [0, 0.05) is 4.47 Å². The van der Waals surface area contributed by atoms with Crippen LogP contribution in [0.15, 0.2) is 65.1 Å². The summed E-state index contributed by atoms with van der Waals surface area (Å²) in [4.78, 5) is 25.2. The first-order valence-electron chi connectivity index (χ1n) is 11.2. The van der Waals surface area contributed by atoms with Crippen molar-refractivity contribution in [3.8, 4) is 11.5 Å². The zero-order chi connectivity index (χ0) is 25.4. The molecule has 0 fully saturated rings. The van der Waals surface area contributed by atoms with E-state index in [1.807, 2.05) is 42.5 Å². The van der Waals surface area contributed by atoms with E-state index >= 15 is 0 Å². The van der Waals surface area contributed by atoms with Crippen molar-refractivity contribution < 1.29 is 19.1 Å². The zero-order valence-electron chi connectivity index (χ0n) is 19.8. The third-order valence-electron chi connectivity index (χ3n) is 5.07. The number of rotatable bonds is 8. The molecule has 2 amide bonds. The van der Waals surface area contributed by atoms with E-state index in [0.717, 1.165) is 21.7 Å². The van der Waals surface area contributed by atoms with Gasteiger partial charge in [-0.3, -0.25) is 25.8 Å². The van der Waals surface area contributed by atoms with Crippen molar-refractivity contribution in [3.63, 3.8) is 0 Å². The summed E-state index contributed by atoms with van der Waals surface area (Å²) in [7, 11) is 0. The Morgan fingerprint density at radius 2 is 1.71 bits per heavy atom. The van der Waals surface area contributed by atoms with E-state index in [-0.39, 0.29) is 5.11 Å². The summed E-state index contributed by atoms with van der Waals surface area (Å²) in [6, 6.07) is 18.7. The molecule has 0 aliphatic heterocycles. The molecule has 0 saturated heterocycles. The number of hydrazine groups is 1. The lowest BCUT2D eigenvalue weighted by Crippen LogP contribution is -2.51. The Morgan fingerprint density at radius 1 is 0.971 bits per heavy atom. The fourth-order valence-corrected chi connectivity index (χ4v) is 3.63. The van der Waals surface area contributed by atoms with Crippen LogP contribution >= 0.6 is 28.1 Å². The number of nitrogens with one attached hydrogen (secondary N) is 3. The molecule has 3 aromatic carbocycles. The third-order valence-corrected chi connectivity index (χ3v) is 5.77. The van der Waals surface area contributed by atoms with Gasteiger partial charge in [-0.1, -0.05) is 60.1 Å². The predicted octanol–water partition coefficient (Wildman–Crippen LogP) is 5.13. The van der Waals surface area contributed by atoms with E-state index in [9.17, 15) is 9.59 Å². The van der Waals surface area contributed by atoms with Crippen LogP contribution in [0.4, 0.5) is 0 Å². The second-order valence-corrected chi connectivity index (χ2v) is 9.66. The number of carbonyl (C=O) groups is 2. The van der Waals surface area contributed by atoms with E-state index < -0.39 is 17.9 Å². The van der Waals surface area contributed by atoms with Crippen LogP contribution in [0.2, 0.25) is 0 Å². The number of amides is 2. The minimum absolute atomic E-state index is 0.0608. The van der Waals surface area contributed by atoms with Crippen molar-refractivity contribution in [2.45, 2.75) is 33.3 Å². The summed E-state index contributed by atoms with van der Waals surface area (Å²) in [5.74, 6) is 0.598. The number of fused-ring (bicyclic) bond motifs is 1. The first-order chi connectivity index (χ1) is 16.7. The van der Waals surface area contributed by atoms with Gasteiger partial charge in [-0.15, -0.1) is 0 Å². The molecule has 0 saturated carbocycles. The number of ether oxygens (including phenoxy) is 2. The van der Waals surface area contributed by atoms with Crippen LogP contribution in [0.1, 0.15) is 37.6 Å². The summed E-state index contributed by atoms with van der Waals surface area (Å²) >= 11 is 8.54. The Balaban J connectivity index is 1.52. The highest BCUT2D eigenvalue weighted by molar-refractivity contribution is 9.10. The molecule has 0 bridgehead atoms. The van der Waals surface area contributed by atoms with Gasteiger partial charge in [0.25, 0.3) is 11.8 Å². The molecule has 1 atom stereocenters. The van der Waals surface area contributed by atoms with Crippen LogP contribution in [0.5, 0.6) is 11.5 Å². The number of halogens is 1. The molecule has 9 heteroatoms. The number of hydrogen-bond acceptors (Lipinski definition) is 5. The first kappa shape index (κ1) is 26.4. The molecular formula is C26H28BrN3O4S. The SMILES string of the molecule is CC(C)CCOc1ccc(Br)cc1C(=O)NC(=S)NNC(=O)C(C)Oc1ccc2ccccc2c1. The largest absolute Gasteiger partial charge is 0.493 e. The first-order valence-corrected chi connectivity index (χ1v) is 12.4. The van der Waals surface area contributed by atoms with Crippen LogP contribution < -0.4 is 25.6 Å². The highest BCUT2D eigenvalue weighted by Gasteiger charge is 2.18. The maximum Gasteiger partial charge on any atom is 0.279 e. The summed E-state index contributed by atoms with van der Waals surface area (Å²) in [6.45, 7) is 6.32. The van der Waals surface area contributed by atoms with E-state index in [1.165, 1.54) is 0 Å². The van der Waals surface area contributed by atoms with E-state index in [2.05, 4.69) is 45.9 Å². The molecule has 0 radical (unpaired) electrons. The second-order valence-electron chi connectivity index (χ2n) is 8.34. The number of thiocarbonyl (C=S) groups is 1. The van der Waals surface area contributed by atoms with Gasteiger partial charge in [0.1, 0.15) is 11.5 Å².